The van der Waals surface area contributed by atoms with Crippen LogP contribution in [0.1, 0.15) is 12.8 Å². The van der Waals surface area contributed by atoms with E-state index in [1.807, 2.05) is 24.3 Å². The van der Waals surface area contributed by atoms with Gasteiger partial charge < -0.3 is 9.30 Å². The molecule has 1 fully saturated rings. The van der Waals surface area contributed by atoms with Crippen LogP contribution in [0.25, 0.3) is 11.3 Å². The van der Waals surface area contributed by atoms with Crippen molar-refractivity contribution >= 4 is 28.6 Å². The topological polar surface area (TPSA) is 26.5 Å². The molecule has 0 spiro atoms. The molecule has 3 aromatic rings. The molecule has 0 saturated carbocycles. The van der Waals surface area contributed by atoms with Gasteiger partial charge in [-0.05, 0) is 42.7 Å². The van der Waals surface area contributed by atoms with Crippen LogP contribution in [-0.2, 0) is 11.3 Å². The average molecular weight is 389 g/mol. The molecule has 26 heavy (non-hydrogen) atoms. The van der Waals surface area contributed by atoms with Crippen molar-refractivity contribution in [2.24, 2.45) is 4.99 Å². The number of para-hydroxylation sites is 1. The third-order valence-corrected chi connectivity index (χ3v) is 5.53. The summed E-state index contributed by atoms with van der Waals surface area (Å²) in [6.07, 6.45) is 2.27. The molecule has 1 unspecified atom stereocenters. The molecule has 1 aliphatic heterocycles. The Kier molecular flexibility index (Phi) is 5.20. The second kappa shape index (κ2) is 7.74. The highest BCUT2D eigenvalue weighted by Crippen LogP contribution is 2.25. The Labute approximate surface area is 160 Å². The molecular formula is C20H18ClFN2OS. The molecule has 6 heteroatoms. The predicted molar refractivity (Wildman–Crippen MR) is 103 cm³/mol. The molecule has 4 rings (SSSR count). The Morgan fingerprint density at radius 1 is 1.19 bits per heavy atom. The Morgan fingerprint density at radius 2 is 2.00 bits per heavy atom. The van der Waals surface area contributed by atoms with Gasteiger partial charge in [0.25, 0.3) is 0 Å². The molecule has 2 aromatic carbocycles. The molecule has 0 aliphatic carbocycles. The van der Waals surface area contributed by atoms with Crippen molar-refractivity contribution in [2.75, 3.05) is 6.61 Å². The summed E-state index contributed by atoms with van der Waals surface area (Å²) in [4.78, 5) is 5.33. The predicted octanol–water partition coefficient (Wildman–Crippen LogP) is 5.42. The van der Waals surface area contributed by atoms with Crippen LogP contribution in [0.3, 0.4) is 0 Å². The lowest BCUT2D eigenvalue weighted by Gasteiger charge is -2.14. The van der Waals surface area contributed by atoms with E-state index < -0.39 is 0 Å². The largest absolute Gasteiger partial charge is 0.376 e. The molecular weight excluding hydrogens is 371 g/mol. The van der Waals surface area contributed by atoms with Crippen molar-refractivity contribution in [1.29, 1.82) is 0 Å². The molecule has 1 aromatic heterocycles. The number of ether oxygens (including phenoxy) is 1. The summed E-state index contributed by atoms with van der Waals surface area (Å²) in [6.45, 7) is 1.50. The van der Waals surface area contributed by atoms with Crippen molar-refractivity contribution in [3.05, 3.63) is 69.6 Å². The zero-order valence-electron chi connectivity index (χ0n) is 14.1. The molecule has 0 radical (unpaired) electrons. The number of hydrogen-bond donors (Lipinski definition) is 0. The summed E-state index contributed by atoms with van der Waals surface area (Å²) in [6, 6.07) is 14.3. The second-order valence-corrected chi connectivity index (χ2v) is 7.49. The highest BCUT2D eigenvalue weighted by Gasteiger charge is 2.19. The van der Waals surface area contributed by atoms with E-state index in [4.69, 9.17) is 16.3 Å². The molecule has 2 heterocycles. The maximum absolute atomic E-state index is 14.0. The van der Waals surface area contributed by atoms with E-state index in [2.05, 4.69) is 14.9 Å². The monoisotopic (exact) mass is 388 g/mol. The van der Waals surface area contributed by atoms with Crippen LogP contribution >= 0.6 is 22.9 Å². The van der Waals surface area contributed by atoms with Crippen molar-refractivity contribution in [1.82, 2.24) is 4.57 Å². The quantitative estimate of drug-likeness (QED) is 0.586. The summed E-state index contributed by atoms with van der Waals surface area (Å²) in [5, 5.41) is 2.75. The summed E-state index contributed by atoms with van der Waals surface area (Å²) >= 11 is 7.53. The summed E-state index contributed by atoms with van der Waals surface area (Å²) < 4.78 is 22.0. The highest BCUT2D eigenvalue weighted by atomic mass is 35.5. The van der Waals surface area contributed by atoms with Crippen molar-refractivity contribution in [3.63, 3.8) is 0 Å². The first-order valence-corrected chi connectivity index (χ1v) is 9.81. The lowest BCUT2D eigenvalue weighted by molar-refractivity contribution is 0.0968. The normalized spacial score (nSPS) is 17.8. The standard InChI is InChI=1S/C20H18ClFN2OS/c21-15-9-7-14(8-10-15)19-13-26-20(23-18-6-2-1-5-17(18)22)24(19)12-16-4-3-11-25-16/h1-2,5-10,13,16H,3-4,11-12H2. The molecule has 134 valence electrons. The SMILES string of the molecule is Fc1ccccc1N=c1scc(-c2ccc(Cl)cc2)n1CC1CCCO1. The molecule has 1 atom stereocenters. The van der Waals surface area contributed by atoms with Gasteiger partial charge in [-0.3, -0.25) is 0 Å². The van der Waals surface area contributed by atoms with Gasteiger partial charge in [-0.1, -0.05) is 35.9 Å². The van der Waals surface area contributed by atoms with Gasteiger partial charge in [-0.2, -0.15) is 0 Å². The van der Waals surface area contributed by atoms with Gasteiger partial charge >= 0.3 is 0 Å². The molecule has 1 aliphatic rings. The van der Waals surface area contributed by atoms with Crippen molar-refractivity contribution in [3.8, 4) is 11.3 Å². The summed E-state index contributed by atoms with van der Waals surface area (Å²) in [5.41, 5.74) is 2.44. The van der Waals surface area contributed by atoms with Crippen LogP contribution in [0.2, 0.25) is 5.02 Å². The fourth-order valence-corrected chi connectivity index (χ4v) is 4.14. The van der Waals surface area contributed by atoms with E-state index in [1.165, 1.54) is 17.4 Å². The van der Waals surface area contributed by atoms with Crippen LogP contribution in [0.5, 0.6) is 0 Å². The highest BCUT2D eigenvalue weighted by molar-refractivity contribution is 7.07. The average Bonchev–Trinajstić information content (AvgIpc) is 3.29. The van der Waals surface area contributed by atoms with Crippen LogP contribution in [-0.4, -0.2) is 17.3 Å². The van der Waals surface area contributed by atoms with Gasteiger partial charge in [0.2, 0.25) is 0 Å². The minimum Gasteiger partial charge on any atom is -0.376 e. The first-order valence-electron chi connectivity index (χ1n) is 8.56. The molecule has 0 N–H and O–H groups in total. The van der Waals surface area contributed by atoms with E-state index >= 15 is 0 Å². The van der Waals surface area contributed by atoms with E-state index in [9.17, 15) is 4.39 Å². The first kappa shape index (κ1) is 17.5. The van der Waals surface area contributed by atoms with Gasteiger partial charge in [0.05, 0.1) is 18.3 Å². The maximum atomic E-state index is 14.0. The Balaban J connectivity index is 1.81. The molecule has 3 nitrogen and oxygen atoms in total. The van der Waals surface area contributed by atoms with E-state index in [1.54, 1.807) is 18.2 Å². The first-order chi connectivity index (χ1) is 12.7. The lowest BCUT2D eigenvalue weighted by atomic mass is 10.1. The Bertz CT molecular complexity index is 958. The van der Waals surface area contributed by atoms with Gasteiger partial charge in [0.15, 0.2) is 4.80 Å². The minimum atomic E-state index is -0.322. The van der Waals surface area contributed by atoms with Gasteiger partial charge in [0, 0.05) is 17.0 Å². The van der Waals surface area contributed by atoms with Crippen molar-refractivity contribution in [2.45, 2.75) is 25.5 Å². The van der Waals surface area contributed by atoms with E-state index in [0.29, 0.717) is 17.3 Å². The fourth-order valence-electron chi connectivity index (χ4n) is 3.08. The van der Waals surface area contributed by atoms with Crippen molar-refractivity contribution < 1.29 is 9.13 Å². The smallest absolute Gasteiger partial charge is 0.190 e. The number of benzene rings is 2. The number of halogens is 2. The third kappa shape index (κ3) is 3.75. The number of hydrogen-bond acceptors (Lipinski definition) is 3. The Morgan fingerprint density at radius 3 is 2.73 bits per heavy atom. The zero-order chi connectivity index (χ0) is 17.9. The van der Waals surface area contributed by atoms with Crippen LogP contribution < -0.4 is 4.80 Å². The Hall–Kier alpha value is -1.95. The van der Waals surface area contributed by atoms with Gasteiger partial charge in [-0.15, -0.1) is 11.3 Å². The minimum absolute atomic E-state index is 0.162. The second-order valence-electron chi connectivity index (χ2n) is 6.22. The molecule has 0 amide bonds. The number of nitrogens with zero attached hydrogens (tertiary/aromatic N) is 2. The van der Waals surface area contributed by atoms with Crippen LogP contribution in [0.15, 0.2) is 58.9 Å². The molecule has 0 bridgehead atoms. The third-order valence-electron chi connectivity index (χ3n) is 4.42. The fraction of sp³-hybridized carbons (Fsp3) is 0.250. The van der Waals surface area contributed by atoms with E-state index in [-0.39, 0.29) is 11.9 Å². The lowest BCUT2D eigenvalue weighted by Crippen LogP contribution is -2.24. The maximum Gasteiger partial charge on any atom is 0.190 e. The number of thiazole rings is 1. The molecule has 1 saturated heterocycles. The van der Waals surface area contributed by atoms with Crippen LogP contribution in [0.4, 0.5) is 10.1 Å². The summed E-state index contributed by atoms with van der Waals surface area (Å²) in [5.74, 6) is -0.322. The van der Waals surface area contributed by atoms with Gasteiger partial charge in [-0.25, -0.2) is 9.38 Å². The number of aromatic nitrogens is 1. The van der Waals surface area contributed by atoms with E-state index in [0.717, 1.165) is 35.5 Å². The van der Waals surface area contributed by atoms with Crippen LogP contribution in [0, 0.1) is 5.82 Å². The zero-order valence-corrected chi connectivity index (χ0v) is 15.6. The summed E-state index contributed by atoms with van der Waals surface area (Å²) in [7, 11) is 0. The number of rotatable bonds is 4. The van der Waals surface area contributed by atoms with Gasteiger partial charge in [0.1, 0.15) is 11.5 Å².